The molecule has 0 saturated heterocycles. The van der Waals surface area contributed by atoms with Crippen molar-refractivity contribution in [2.45, 2.75) is 19.4 Å². The molecule has 0 aliphatic heterocycles. The van der Waals surface area contributed by atoms with Gasteiger partial charge in [-0.25, -0.2) is 0 Å². The molecule has 0 spiro atoms. The predicted molar refractivity (Wildman–Crippen MR) is 86.4 cm³/mol. The lowest BCUT2D eigenvalue weighted by atomic mass is 10.0. The Morgan fingerprint density at radius 1 is 1.14 bits per heavy atom. The van der Waals surface area contributed by atoms with Crippen LogP contribution in [0.3, 0.4) is 0 Å². The Morgan fingerprint density at radius 3 is 2.52 bits per heavy atom. The van der Waals surface area contributed by atoms with Gasteiger partial charge in [0.2, 0.25) is 0 Å². The minimum atomic E-state index is -0.101. The summed E-state index contributed by atoms with van der Waals surface area (Å²) in [6.45, 7) is 2.50. The zero-order chi connectivity index (χ0) is 15.2. The van der Waals surface area contributed by atoms with Gasteiger partial charge in [0.05, 0.1) is 7.11 Å². The monoisotopic (exact) mass is 305 g/mol. The Labute approximate surface area is 130 Å². The first kappa shape index (κ1) is 15.7. The fourth-order valence-electron chi connectivity index (χ4n) is 2.14. The van der Waals surface area contributed by atoms with E-state index in [2.05, 4.69) is 13.0 Å². The second-order valence-electron chi connectivity index (χ2n) is 5.04. The lowest BCUT2D eigenvalue weighted by Crippen LogP contribution is -2.30. The first-order valence-electron chi connectivity index (χ1n) is 6.86. The van der Waals surface area contributed by atoms with Crippen molar-refractivity contribution < 1.29 is 9.47 Å². The highest BCUT2D eigenvalue weighted by Gasteiger charge is 2.10. The molecule has 3 nitrogen and oxygen atoms in total. The van der Waals surface area contributed by atoms with Crippen LogP contribution in [0.2, 0.25) is 5.02 Å². The molecule has 112 valence electrons. The summed E-state index contributed by atoms with van der Waals surface area (Å²) in [6, 6.07) is 13.3. The molecule has 0 aliphatic rings. The van der Waals surface area contributed by atoms with Gasteiger partial charge in [-0.15, -0.1) is 0 Å². The van der Waals surface area contributed by atoms with Crippen molar-refractivity contribution >= 4 is 11.6 Å². The molecule has 1 unspecified atom stereocenters. The number of hydrogen-bond acceptors (Lipinski definition) is 3. The molecule has 2 aromatic carbocycles. The van der Waals surface area contributed by atoms with Crippen molar-refractivity contribution in [2.24, 2.45) is 5.73 Å². The van der Waals surface area contributed by atoms with E-state index in [1.54, 1.807) is 19.2 Å². The highest BCUT2D eigenvalue weighted by molar-refractivity contribution is 6.30. The quantitative estimate of drug-likeness (QED) is 0.886. The fraction of sp³-hybridized carbons (Fsp3) is 0.294. The maximum absolute atomic E-state index is 6.15. The third-order valence-corrected chi connectivity index (χ3v) is 3.45. The molecule has 1 atom stereocenters. The second kappa shape index (κ2) is 7.34. The van der Waals surface area contributed by atoms with E-state index < -0.39 is 0 Å². The first-order valence-corrected chi connectivity index (χ1v) is 7.23. The SMILES string of the molecule is COc1ccc(C)cc1CC(N)COc1ccc(Cl)cc1. The molecule has 0 radical (unpaired) electrons. The molecule has 4 heteroatoms. The molecule has 0 bridgehead atoms. The van der Waals surface area contributed by atoms with Crippen LogP contribution in [0, 0.1) is 6.92 Å². The highest BCUT2D eigenvalue weighted by Crippen LogP contribution is 2.21. The Kier molecular flexibility index (Phi) is 5.48. The van der Waals surface area contributed by atoms with E-state index in [9.17, 15) is 0 Å². The van der Waals surface area contributed by atoms with E-state index in [4.69, 9.17) is 26.8 Å². The Balaban J connectivity index is 1.94. The van der Waals surface area contributed by atoms with E-state index in [0.717, 1.165) is 17.1 Å². The number of nitrogens with two attached hydrogens (primary N) is 1. The van der Waals surface area contributed by atoms with Crippen LogP contribution in [0.4, 0.5) is 0 Å². The molecule has 0 saturated carbocycles. The summed E-state index contributed by atoms with van der Waals surface area (Å²) in [5, 5.41) is 0.691. The molecule has 2 aromatic rings. The van der Waals surface area contributed by atoms with E-state index in [-0.39, 0.29) is 6.04 Å². The second-order valence-corrected chi connectivity index (χ2v) is 5.48. The Morgan fingerprint density at radius 2 is 1.86 bits per heavy atom. The van der Waals surface area contributed by atoms with Crippen molar-refractivity contribution in [3.8, 4) is 11.5 Å². The lowest BCUT2D eigenvalue weighted by Gasteiger charge is -2.16. The summed E-state index contributed by atoms with van der Waals surface area (Å²) in [6.07, 6.45) is 0.707. The van der Waals surface area contributed by atoms with Crippen LogP contribution in [0.1, 0.15) is 11.1 Å². The molecule has 2 N–H and O–H groups in total. The number of aryl methyl sites for hydroxylation is 1. The summed E-state index contributed by atoms with van der Waals surface area (Å²) in [7, 11) is 1.67. The van der Waals surface area contributed by atoms with E-state index in [1.165, 1.54) is 5.56 Å². The van der Waals surface area contributed by atoms with Crippen LogP contribution < -0.4 is 15.2 Å². The van der Waals surface area contributed by atoms with Gasteiger partial charge >= 0.3 is 0 Å². The van der Waals surface area contributed by atoms with E-state index in [0.29, 0.717) is 18.1 Å². The van der Waals surface area contributed by atoms with Crippen LogP contribution in [0.5, 0.6) is 11.5 Å². The maximum atomic E-state index is 6.15. The van der Waals surface area contributed by atoms with Crippen LogP contribution in [0.15, 0.2) is 42.5 Å². The summed E-state index contributed by atoms with van der Waals surface area (Å²) < 4.78 is 11.0. The summed E-state index contributed by atoms with van der Waals surface area (Å²) >= 11 is 5.84. The molecular formula is C17H20ClNO2. The zero-order valence-electron chi connectivity index (χ0n) is 12.3. The van der Waals surface area contributed by atoms with Crippen LogP contribution >= 0.6 is 11.6 Å². The molecular weight excluding hydrogens is 286 g/mol. The van der Waals surface area contributed by atoms with E-state index in [1.807, 2.05) is 24.3 Å². The molecule has 2 rings (SSSR count). The van der Waals surface area contributed by atoms with Gasteiger partial charge in [-0.05, 0) is 49.2 Å². The molecule has 0 amide bonds. The highest BCUT2D eigenvalue weighted by atomic mass is 35.5. The van der Waals surface area contributed by atoms with Crippen LogP contribution in [-0.4, -0.2) is 19.8 Å². The fourth-order valence-corrected chi connectivity index (χ4v) is 2.27. The third-order valence-electron chi connectivity index (χ3n) is 3.20. The topological polar surface area (TPSA) is 44.5 Å². The van der Waals surface area contributed by atoms with E-state index >= 15 is 0 Å². The van der Waals surface area contributed by atoms with Gasteiger partial charge in [0.25, 0.3) is 0 Å². The normalized spacial score (nSPS) is 12.0. The summed E-state index contributed by atoms with van der Waals surface area (Å²) in [5.41, 5.74) is 8.44. The van der Waals surface area contributed by atoms with Gasteiger partial charge < -0.3 is 15.2 Å². The lowest BCUT2D eigenvalue weighted by molar-refractivity contribution is 0.286. The minimum absolute atomic E-state index is 0.101. The standard InChI is InChI=1S/C17H20ClNO2/c1-12-3-8-17(20-2)13(9-12)10-15(19)11-21-16-6-4-14(18)5-7-16/h3-9,15H,10-11,19H2,1-2H3. The molecule has 0 heterocycles. The van der Waals surface area contributed by atoms with Crippen molar-refractivity contribution in [1.82, 2.24) is 0 Å². The predicted octanol–water partition coefficient (Wildman–Crippen LogP) is 3.61. The Bertz CT molecular complexity index is 584. The van der Waals surface area contributed by atoms with Gasteiger partial charge in [0.1, 0.15) is 18.1 Å². The number of hydrogen-bond donors (Lipinski definition) is 1. The average molecular weight is 306 g/mol. The van der Waals surface area contributed by atoms with Crippen molar-refractivity contribution in [1.29, 1.82) is 0 Å². The van der Waals surface area contributed by atoms with Crippen molar-refractivity contribution in [2.75, 3.05) is 13.7 Å². The number of rotatable bonds is 6. The summed E-state index contributed by atoms with van der Waals surface area (Å²) in [4.78, 5) is 0. The number of halogens is 1. The smallest absolute Gasteiger partial charge is 0.122 e. The number of methoxy groups -OCH3 is 1. The molecule has 0 fully saturated rings. The van der Waals surface area contributed by atoms with Gasteiger partial charge in [-0.2, -0.15) is 0 Å². The zero-order valence-corrected chi connectivity index (χ0v) is 13.1. The largest absolute Gasteiger partial charge is 0.496 e. The van der Waals surface area contributed by atoms with Crippen molar-refractivity contribution in [3.63, 3.8) is 0 Å². The number of ether oxygens (including phenoxy) is 2. The van der Waals surface area contributed by atoms with Crippen molar-refractivity contribution in [3.05, 3.63) is 58.6 Å². The molecule has 21 heavy (non-hydrogen) atoms. The van der Waals surface area contributed by atoms with Gasteiger partial charge in [-0.1, -0.05) is 29.3 Å². The number of benzene rings is 2. The van der Waals surface area contributed by atoms with Gasteiger partial charge in [-0.3, -0.25) is 0 Å². The van der Waals surface area contributed by atoms with Crippen LogP contribution in [0.25, 0.3) is 0 Å². The average Bonchev–Trinajstić information content (AvgIpc) is 2.47. The minimum Gasteiger partial charge on any atom is -0.496 e. The Hall–Kier alpha value is -1.71. The first-order chi connectivity index (χ1) is 10.1. The van der Waals surface area contributed by atoms with Gasteiger partial charge in [0.15, 0.2) is 0 Å². The maximum Gasteiger partial charge on any atom is 0.122 e. The van der Waals surface area contributed by atoms with Gasteiger partial charge in [0, 0.05) is 11.1 Å². The van der Waals surface area contributed by atoms with Crippen LogP contribution in [-0.2, 0) is 6.42 Å². The summed E-state index contributed by atoms with van der Waals surface area (Å²) in [5.74, 6) is 1.63. The third kappa shape index (κ3) is 4.66. The molecule has 0 aliphatic carbocycles. The molecule has 0 aromatic heterocycles.